The molecule has 346 valence electrons. The molecule has 0 aromatic carbocycles. The smallest absolute Gasteiger partial charge is 0.306 e. The maximum absolute atomic E-state index is 12.7. The van der Waals surface area contributed by atoms with Crippen molar-refractivity contribution in [3.8, 4) is 0 Å². The summed E-state index contributed by atoms with van der Waals surface area (Å²) in [6.45, 7) is 6.45. The summed E-state index contributed by atoms with van der Waals surface area (Å²) >= 11 is 0. The Bertz CT molecular complexity index is 1100. The lowest BCUT2D eigenvalue weighted by Gasteiger charge is -2.18. The van der Waals surface area contributed by atoms with Crippen LogP contribution in [0.2, 0.25) is 0 Å². The Morgan fingerprint density at radius 2 is 0.650 bits per heavy atom. The second kappa shape index (κ2) is 48.8. The Morgan fingerprint density at radius 3 is 1.02 bits per heavy atom. The van der Waals surface area contributed by atoms with Gasteiger partial charge in [0.15, 0.2) is 6.10 Å². The first-order valence-corrected chi connectivity index (χ1v) is 25.3. The van der Waals surface area contributed by atoms with E-state index in [0.717, 1.165) is 96.3 Å². The average molecular weight is 839 g/mol. The zero-order chi connectivity index (χ0) is 43.7. The minimum absolute atomic E-state index is 0.0741. The van der Waals surface area contributed by atoms with Gasteiger partial charge in [-0.3, -0.25) is 14.4 Å². The van der Waals surface area contributed by atoms with Crippen LogP contribution >= 0.6 is 0 Å². The predicted molar refractivity (Wildman–Crippen MR) is 256 cm³/mol. The molecule has 0 saturated heterocycles. The molecule has 0 bridgehead atoms. The minimum Gasteiger partial charge on any atom is -0.462 e. The highest BCUT2D eigenvalue weighted by molar-refractivity contribution is 5.71. The predicted octanol–water partition coefficient (Wildman–Crippen LogP) is 16.5. The highest BCUT2D eigenvalue weighted by atomic mass is 16.6. The van der Waals surface area contributed by atoms with Gasteiger partial charge in [0, 0.05) is 19.3 Å². The highest BCUT2D eigenvalue weighted by Gasteiger charge is 2.19. The summed E-state index contributed by atoms with van der Waals surface area (Å²) in [4.78, 5) is 37.6. The van der Waals surface area contributed by atoms with Crippen LogP contribution in [0.25, 0.3) is 0 Å². The van der Waals surface area contributed by atoms with Gasteiger partial charge in [0.2, 0.25) is 0 Å². The molecule has 1 unspecified atom stereocenters. The van der Waals surface area contributed by atoms with Crippen LogP contribution in [0.5, 0.6) is 0 Å². The number of rotatable bonds is 45. The molecule has 6 heteroatoms. The third-order valence-electron chi connectivity index (χ3n) is 10.8. The molecule has 60 heavy (non-hydrogen) atoms. The van der Waals surface area contributed by atoms with E-state index in [2.05, 4.69) is 81.5 Å². The molecule has 0 rings (SSSR count). The molecule has 0 aliphatic carbocycles. The fourth-order valence-corrected chi connectivity index (χ4v) is 7.00. The van der Waals surface area contributed by atoms with E-state index < -0.39 is 6.10 Å². The fraction of sp³-hybridized carbons (Fsp3) is 0.759. The number of hydrogen-bond acceptors (Lipinski definition) is 6. The Labute approximate surface area is 370 Å². The molecular formula is C54H94O6. The van der Waals surface area contributed by atoms with Crippen LogP contribution in [0.15, 0.2) is 60.8 Å². The molecule has 0 aliphatic heterocycles. The number of hydrogen-bond donors (Lipinski definition) is 0. The van der Waals surface area contributed by atoms with Gasteiger partial charge in [0.05, 0.1) is 0 Å². The monoisotopic (exact) mass is 839 g/mol. The van der Waals surface area contributed by atoms with Crippen LogP contribution in [0, 0.1) is 0 Å². The molecule has 0 aromatic rings. The van der Waals surface area contributed by atoms with Crippen LogP contribution < -0.4 is 0 Å². The van der Waals surface area contributed by atoms with Crippen molar-refractivity contribution in [1.82, 2.24) is 0 Å². The van der Waals surface area contributed by atoms with E-state index >= 15 is 0 Å². The van der Waals surface area contributed by atoms with Crippen LogP contribution in [0.1, 0.15) is 245 Å². The molecule has 0 spiro atoms. The zero-order valence-corrected chi connectivity index (χ0v) is 39.5. The summed E-state index contributed by atoms with van der Waals surface area (Å²) < 4.78 is 16.7. The van der Waals surface area contributed by atoms with Crippen molar-refractivity contribution in [1.29, 1.82) is 0 Å². The van der Waals surface area contributed by atoms with Crippen LogP contribution in [0.4, 0.5) is 0 Å². The highest BCUT2D eigenvalue weighted by Crippen LogP contribution is 2.15. The summed E-state index contributed by atoms with van der Waals surface area (Å²) in [6.07, 6.45) is 59.5. The molecule has 0 heterocycles. The minimum atomic E-state index is -0.769. The third-order valence-corrected chi connectivity index (χ3v) is 10.8. The topological polar surface area (TPSA) is 78.9 Å². The Morgan fingerprint density at radius 1 is 0.350 bits per heavy atom. The molecule has 0 fully saturated rings. The van der Waals surface area contributed by atoms with E-state index in [1.165, 1.54) is 109 Å². The van der Waals surface area contributed by atoms with Crippen molar-refractivity contribution in [3.05, 3.63) is 60.8 Å². The van der Waals surface area contributed by atoms with Crippen molar-refractivity contribution in [2.75, 3.05) is 13.2 Å². The molecule has 0 saturated carbocycles. The molecule has 0 N–H and O–H groups in total. The van der Waals surface area contributed by atoms with E-state index in [4.69, 9.17) is 14.2 Å². The van der Waals surface area contributed by atoms with Crippen molar-refractivity contribution >= 4 is 17.9 Å². The van der Waals surface area contributed by atoms with Gasteiger partial charge in [-0.25, -0.2) is 0 Å². The number of esters is 3. The lowest BCUT2D eigenvalue weighted by molar-refractivity contribution is -0.167. The first kappa shape index (κ1) is 57.1. The Hall–Kier alpha value is -2.89. The molecule has 6 nitrogen and oxygen atoms in total. The zero-order valence-electron chi connectivity index (χ0n) is 39.5. The second-order valence-corrected chi connectivity index (χ2v) is 16.7. The number of unbranched alkanes of at least 4 members (excludes halogenated alkanes) is 24. The summed E-state index contributed by atoms with van der Waals surface area (Å²) in [5, 5.41) is 0. The molecular weight excluding hydrogens is 745 g/mol. The molecule has 0 aliphatic rings. The fourth-order valence-electron chi connectivity index (χ4n) is 7.00. The summed E-state index contributed by atoms with van der Waals surface area (Å²) in [6, 6.07) is 0. The first-order chi connectivity index (χ1) is 29.5. The Balaban J connectivity index is 4.12. The molecule has 1 atom stereocenters. The van der Waals surface area contributed by atoms with Crippen molar-refractivity contribution in [2.24, 2.45) is 0 Å². The maximum Gasteiger partial charge on any atom is 0.306 e. The number of allylic oxidation sites excluding steroid dienone is 10. The van der Waals surface area contributed by atoms with Gasteiger partial charge in [0.25, 0.3) is 0 Å². The largest absolute Gasteiger partial charge is 0.462 e. The summed E-state index contributed by atoms with van der Waals surface area (Å²) in [5.41, 5.74) is 0. The van der Waals surface area contributed by atoms with Crippen LogP contribution in [0.3, 0.4) is 0 Å². The van der Waals surface area contributed by atoms with Gasteiger partial charge >= 0.3 is 17.9 Å². The van der Waals surface area contributed by atoms with Crippen molar-refractivity contribution in [3.63, 3.8) is 0 Å². The van der Waals surface area contributed by atoms with E-state index in [9.17, 15) is 14.4 Å². The normalized spacial score (nSPS) is 12.5. The number of carbonyl (C=O) groups excluding carboxylic acids is 3. The lowest BCUT2D eigenvalue weighted by Crippen LogP contribution is -2.30. The van der Waals surface area contributed by atoms with Crippen molar-refractivity contribution in [2.45, 2.75) is 252 Å². The van der Waals surface area contributed by atoms with Crippen LogP contribution in [-0.4, -0.2) is 37.2 Å². The van der Waals surface area contributed by atoms with Gasteiger partial charge in [0.1, 0.15) is 13.2 Å². The quantitative estimate of drug-likeness (QED) is 0.0263. The van der Waals surface area contributed by atoms with Gasteiger partial charge in [-0.15, -0.1) is 0 Å². The SMILES string of the molecule is CC/C=C\C/C=C\C/C=C\C/C=C\C/C=C\CCCCCCCCCCCC(=O)OCC(COC(=O)CCCCCCCC)OC(=O)CCCCCCCCCCCCC. The number of carbonyl (C=O) groups is 3. The second-order valence-electron chi connectivity index (χ2n) is 16.7. The standard InChI is InChI=1S/C54H94O6/c1-4-7-10-13-16-18-20-21-22-23-24-25-26-27-28-29-30-31-32-33-35-36-38-41-44-47-53(56)59-50-51(49-58-52(55)46-43-40-15-12-9-6-3)60-54(57)48-45-42-39-37-34-19-17-14-11-8-5-2/h7,10,16,18,21-22,24-25,27-28,51H,4-6,8-9,11-15,17,19-20,23,26,29-50H2,1-3H3/b10-7-,18-16-,22-21-,25-24-,28-27-. The average Bonchev–Trinajstić information content (AvgIpc) is 3.24. The van der Waals surface area contributed by atoms with E-state index in [1.807, 2.05) is 0 Å². The number of ether oxygens (including phenoxy) is 3. The van der Waals surface area contributed by atoms with Gasteiger partial charge in [-0.05, 0) is 64.2 Å². The van der Waals surface area contributed by atoms with E-state index in [1.54, 1.807) is 0 Å². The molecule has 0 radical (unpaired) electrons. The van der Waals surface area contributed by atoms with E-state index in [0.29, 0.717) is 19.3 Å². The van der Waals surface area contributed by atoms with Gasteiger partial charge < -0.3 is 14.2 Å². The summed E-state index contributed by atoms with van der Waals surface area (Å²) in [7, 11) is 0. The first-order valence-electron chi connectivity index (χ1n) is 25.3. The van der Waals surface area contributed by atoms with Crippen molar-refractivity contribution < 1.29 is 28.6 Å². The van der Waals surface area contributed by atoms with E-state index in [-0.39, 0.29) is 31.1 Å². The molecule has 0 amide bonds. The third kappa shape index (κ3) is 46.2. The van der Waals surface area contributed by atoms with Gasteiger partial charge in [-0.2, -0.15) is 0 Å². The summed E-state index contributed by atoms with van der Waals surface area (Å²) in [5.74, 6) is -0.888. The molecule has 0 aromatic heterocycles. The maximum atomic E-state index is 12.7. The Kier molecular flexibility index (Phi) is 46.4. The van der Waals surface area contributed by atoms with Crippen LogP contribution in [-0.2, 0) is 28.6 Å². The van der Waals surface area contributed by atoms with Gasteiger partial charge in [-0.1, -0.05) is 223 Å². The lowest BCUT2D eigenvalue weighted by atomic mass is 10.1.